The fraction of sp³-hybridized carbons (Fsp3) is 0.500. The number of carbonyl (C=O) groups is 2. The molecule has 1 saturated heterocycles. The molecule has 0 saturated carbocycles. The summed E-state index contributed by atoms with van der Waals surface area (Å²) >= 11 is 0. The van der Waals surface area contributed by atoms with E-state index in [2.05, 4.69) is 16.0 Å². The molecule has 5 nitrogen and oxygen atoms in total. The molecule has 1 fully saturated rings. The second-order valence-electron chi connectivity index (χ2n) is 5.82. The molecule has 0 radical (unpaired) electrons. The molecular formula is C16H23N3O2. The van der Waals surface area contributed by atoms with Gasteiger partial charge < -0.3 is 16.0 Å². The Balaban J connectivity index is 1.86. The van der Waals surface area contributed by atoms with E-state index in [1.165, 1.54) is 0 Å². The van der Waals surface area contributed by atoms with Gasteiger partial charge in [0.05, 0.1) is 0 Å². The zero-order chi connectivity index (χ0) is 15.2. The third kappa shape index (κ3) is 4.86. The first-order valence-electron chi connectivity index (χ1n) is 7.46. The van der Waals surface area contributed by atoms with E-state index < -0.39 is 0 Å². The molecule has 21 heavy (non-hydrogen) atoms. The van der Waals surface area contributed by atoms with Gasteiger partial charge in [-0.25, -0.2) is 0 Å². The molecule has 0 aliphatic carbocycles. The monoisotopic (exact) mass is 289 g/mol. The topological polar surface area (TPSA) is 70.2 Å². The Morgan fingerprint density at radius 3 is 2.57 bits per heavy atom. The lowest BCUT2D eigenvalue weighted by Crippen LogP contribution is -2.30. The van der Waals surface area contributed by atoms with Gasteiger partial charge in [-0.2, -0.15) is 0 Å². The molecule has 0 aromatic heterocycles. The van der Waals surface area contributed by atoms with Crippen molar-refractivity contribution in [2.24, 2.45) is 5.92 Å². The molecule has 1 unspecified atom stereocenters. The van der Waals surface area contributed by atoms with E-state index >= 15 is 0 Å². The molecule has 1 heterocycles. The molecule has 5 heteroatoms. The minimum Gasteiger partial charge on any atom is -0.350 e. The summed E-state index contributed by atoms with van der Waals surface area (Å²) in [6.45, 7) is 5.76. The summed E-state index contributed by atoms with van der Waals surface area (Å²) in [7, 11) is 0. The fourth-order valence-electron chi connectivity index (χ4n) is 2.41. The molecule has 114 valence electrons. The van der Waals surface area contributed by atoms with Crippen LogP contribution in [-0.2, 0) is 4.79 Å². The predicted octanol–water partition coefficient (Wildman–Crippen LogP) is 1.76. The van der Waals surface area contributed by atoms with Gasteiger partial charge in [0, 0.05) is 23.7 Å². The lowest BCUT2D eigenvalue weighted by molar-refractivity contribution is -0.116. The zero-order valence-electron chi connectivity index (χ0n) is 12.6. The number of anilines is 1. The minimum atomic E-state index is -0.0973. The van der Waals surface area contributed by atoms with Crippen LogP contribution in [-0.4, -0.2) is 30.9 Å². The second-order valence-corrected chi connectivity index (χ2v) is 5.82. The Hall–Kier alpha value is -1.88. The zero-order valence-corrected chi connectivity index (χ0v) is 12.6. The highest BCUT2D eigenvalue weighted by Gasteiger charge is 2.18. The van der Waals surface area contributed by atoms with Gasteiger partial charge in [0.15, 0.2) is 0 Å². The molecule has 2 rings (SSSR count). The van der Waals surface area contributed by atoms with E-state index in [0.29, 0.717) is 17.9 Å². The molecule has 1 aliphatic heterocycles. The number of hydrogen-bond donors (Lipinski definition) is 3. The van der Waals surface area contributed by atoms with Gasteiger partial charge in [-0.3, -0.25) is 9.59 Å². The van der Waals surface area contributed by atoms with Crippen LogP contribution in [0.4, 0.5) is 5.69 Å². The number of hydrogen-bond acceptors (Lipinski definition) is 3. The first-order chi connectivity index (χ1) is 10.0. The van der Waals surface area contributed by atoms with Crippen LogP contribution in [0.25, 0.3) is 0 Å². The van der Waals surface area contributed by atoms with Gasteiger partial charge in [-0.15, -0.1) is 0 Å². The first kappa shape index (κ1) is 15.5. The van der Waals surface area contributed by atoms with Crippen molar-refractivity contribution in [1.82, 2.24) is 10.6 Å². The van der Waals surface area contributed by atoms with E-state index in [9.17, 15) is 9.59 Å². The van der Waals surface area contributed by atoms with Gasteiger partial charge >= 0.3 is 0 Å². The van der Waals surface area contributed by atoms with Crippen LogP contribution in [0.5, 0.6) is 0 Å². The molecule has 2 amide bonds. The Labute approximate surface area is 125 Å². The van der Waals surface area contributed by atoms with Crippen molar-refractivity contribution in [3.63, 3.8) is 0 Å². The van der Waals surface area contributed by atoms with Crippen LogP contribution in [0.2, 0.25) is 0 Å². The van der Waals surface area contributed by atoms with Gasteiger partial charge in [-0.05, 0) is 63.5 Å². The molecule has 3 N–H and O–H groups in total. The van der Waals surface area contributed by atoms with Gasteiger partial charge in [0.25, 0.3) is 5.91 Å². The maximum Gasteiger partial charge on any atom is 0.251 e. The smallest absolute Gasteiger partial charge is 0.251 e. The molecule has 0 bridgehead atoms. The van der Waals surface area contributed by atoms with E-state index in [4.69, 9.17) is 0 Å². The van der Waals surface area contributed by atoms with Crippen molar-refractivity contribution >= 4 is 17.5 Å². The van der Waals surface area contributed by atoms with Crippen molar-refractivity contribution < 1.29 is 9.59 Å². The van der Waals surface area contributed by atoms with E-state index in [0.717, 1.165) is 25.2 Å². The summed E-state index contributed by atoms with van der Waals surface area (Å²) in [5, 5.41) is 8.96. The third-order valence-electron chi connectivity index (χ3n) is 3.49. The van der Waals surface area contributed by atoms with Crippen LogP contribution < -0.4 is 16.0 Å². The molecule has 1 aliphatic rings. The Kier molecular flexibility index (Phi) is 5.33. The van der Waals surface area contributed by atoms with Crippen LogP contribution in [0.15, 0.2) is 24.3 Å². The average molecular weight is 289 g/mol. The summed E-state index contributed by atoms with van der Waals surface area (Å²) in [6, 6.07) is 7.09. The van der Waals surface area contributed by atoms with Crippen molar-refractivity contribution in [1.29, 1.82) is 0 Å². The highest BCUT2D eigenvalue weighted by molar-refractivity contribution is 5.95. The number of carbonyl (C=O) groups excluding carboxylic acids is 2. The molecule has 1 atom stereocenters. The average Bonchev–Trinajstić information content (AvgIpc) is 2.91. The quantitative estimate of drug-likeness (QED) is 0.773. The molecule has 1 aromatic rings. The normalized spacial score (nSPS) is 17.8. The van der Waals surface area contributed by atoms with Gasteiger partial charge in [-0.1, -0.05) is 0 Å². The lowest BCUT2D eigenvalue weighted by atomic mass is 10.0. The highest BCUT2D eigenvalue weighted by atomic mass is 16.2. The molecule has 1 aromatic carbocycles. The predicted molar refractivity (Wildman–Crippen MR) is 83.3 cm³/mol. The van der Waals surface area contributed by atoms with Crippen molar-refractivity contribution in [2.45, 2.75) is 32.7 Å². The van der Waals surface area contributed by atoms with E-state index in [1.807, 2.05) is 13.8 Å². The molecular weight excluding hydrogens is 266 g/mol. The highest BCUT2D eigenvalue weighted by Crippen LogP contribution is 2.15. The van der Waals surface area contributed by atoms with Gasteiger partial charge in [0.2, 0.25) is 5.91 Å². The number of rotatable bonds is 5. The fourth-order valence-corrected chi connectivity index (χ4v) is 2.41. The Morgan fingerprint density at radius 2 is 2.00 bits per heavy atom. The maximum atomic E-state index is 11.9. The third-order valence-corrected chi connectivity index (χ3v) is 3.49. The summed E-state index contributed by atoms with van der Waals surface area (Å²) < 4.78 is 0. The maximum absolute atomic E-state index is 11.9. The van der Waals surface area contributed by atoms with E-state index in [-0.39, 0.29) is 17.9 Å². The van der Waals surface area contributed by atoms with Crippen LogP contribution in [0, 0.1) is 5.92 Å². The first-order valence-corrected chi connectivity index (χ1v) is 7.46. The lowest BCUT2D eigenvalue weighted by Gasteiger charge is -2.11. The SMILES string of the molecule is CC(C)NC(=O)c1ccc(NC(=O)CC2CCNC2)cc1. The summed E-state index contributed by atoms with van der Waals surface area (Å²) in [5.74, 6) is 0.365. The number of nitrogens with one attached hydrogen (secondary N) is 3. The summed E-state index contributed by atoms with van der Waals surface area (Å²) in [6.07, 6.45) is 1.60. The van der Waals surface area contributed by atoms with Crippen molar-refractivity contribution in [2.75, 3.05) is 18.4 Å². The van der Waals surface area contributed by atoms with Crippen molar-refractivity contribution in [3.8, 4) is 0 Å². The number of benzene rings is 1. The van der Waals surface area contributed by atoms with E-state index in [1.54, 1.807) is 24.3 Å². The second kappa shape index (κ2) is 7.22. The largest absolute Gasteiger partial charge is 0.350 e. The number of amides is 2. The van der Waals surface area contributed by atoms with Crippen LogP contribution >= 0.6 is 0 Å². The minimum absolute atomic E-state index is 0.0306. The van der Waals surface area contributed by atoms with Crippen LogP contribution in [0.3, 0.4) is 0 Å². The van der Waals surface area contributed by atoms with Gasteiger partial charge in [0.1, 0.15) is 0 Å². The Bertz CT molecular complexity index is 491. The Morgan fingerprint density at radius 1 is 1.29 bits per heavy atom. The standard InChI is InChI=1S/C16H23N3O2/c1-11(2)18-16(21)13-3-5-14(6-4-13)19-15(20)9-12-7-8-17-10-12/h3-6,11-12,17H,7-10H2,1-2H3,(H,18,21)(H,19,20). The molecule has 0 spiro atoms. The van der Waals surface area contributed by atoms with Crippen LogP contribution in [0.1, 0.15) is 37.0 Å². The summed E-state index contributed by atoms with van der Waals surface area (Å²) in [4.78, 5) is 23.7. The van der Waals surface area contributed by atoms with Crippen molar-refractivity contribution in [3.05, 3.63) is 29.8 Å². The summed E-state index contributed by atoms with van der Waals surface area (Å²) in [5.41, 5.74) is 1.33.